The standard InChI is InChI=1S/2N3.O.V/c2*1-3-2;;/q2*-1;;+2. The zero-order chi connectivity index (χ0) is 7.41. The molecule has 0 saturated heterocycles. The van der Waals surface area contributed by atoms with Crippen LogP contribution in [-0.4, -0.2) is 0 Å². The number of rotatable bonds is 0. The van der Waals surface area contributed by atoms with Gasteiger partial charge in [-0.05, 0) is 0 Å². The van der Waals surface area contributed by atoms with Gasteiger partial charge in [0.2, 0.25) is 0 Å². The molecule has 0 amide bonds. The Morgan fingerprint density at radius 3 is 0.875 bits per heavy atom. The predicted octanol–water partition coefficient (Wildman–Crippen LogP) is 1.61. The molecule has 0 saturated carbocycles. The quantitative estimate of drug-likeness (QED) is 0.290. The Kier molecular flexibility index (Phi) is 293. The number of hydrogen-bond donors (Lipinski definition) is 0. The summed E-state index contributed by atoms with van der Waals surface area (Å²) in [5.41, 5.74) is 27.0. The van der Waals surface area contributed by atoms with E-state index < -0.39 is 0 Å². The second kappa shape index (κ2) is 149. The van der Waals surface area contributed by atoms with Gasteiger partial charge < -0.3 is 22.1 Å². The van der Waals surface area contributed by atoms with Crippen LogP contribution in [0.3, 0.4) is 0 Å². The molecule has 8 heavy (non-hydrogen) atoms. The van der Waals surface area contributed by atoms with E-state index in [-0.39, 0.29) is 0 Å². The third-order valence-corrected chi connectivity index (χ3v) is 0. The van der Waals surface area contributed by atoms with Crippen molar-refractivity contribution in [2.24, 2.45) is 0 Å². The maximum atomic E-state index is 8.19. The molecule has 8 heteroatoms. The van der Waals surface area contributed by atoms with Crippen molar-refractivity contribution in [2.75, 3.05) is 0 Å². The van der Waals surface area contributed by atoms with Crippen LogP contribution in [0.2, 0.25) is 0 Å². The maximum absolute atomic E-state index is 8.19. The van der Waals surface area contributed by atoms with Crippen LogP contribution < -0.4 is 0 Å². The molecule has 0 spiro atoms. The third-order valence-electron chi connectivity index (χ3n) is 0. The molecule has 41 valence electrons. The third kappa shape index (κ3) is 81.0. The van der Waals surface area contributed by atoms with E-state index >= 15 is 0 Å². The van der Waals surface area contributed by atoms with Gasteiger partial charge in [-0.2, -0.15) is 0 Å². The molecule has 0 radical (unpaired) electrons. The molecule has 0 aromatic rings. The molecule has 0 rings (SSSR count). The summed E-state index contributed by atoms with van der Waals surface area (Å²) in [7, 11) is 0. The van der Waals surface area contributed by atoms with Crippen LogP contribution in [0.25, 0.3) is 31.9 Å². The first-order valence-electron chi connectivity index (χ1n) is 0.983. The van der Waals surface area contributed by atoms with Gasteiger partial charge >= 0.3 is 21.0 Å². The Morgan fingerprint density at radius 1 is 0.875 bits per heavy atom. The molecule has 0 fully saturated rings. The Labute approximate surface area is 53.7 Å². The molecule has 0 heterocycles. The zero-order valence-electron chi connectivity index (χ0n) is 3.54. The monoisotopic (exact) mass is 151 g/mol. The molecule has 0 unspecified atom stereocenters. The van der Waals surface area contributed by atoms with Gasteiger partial charge in [0.15, 0.2) is 0 Å². The van der Waals surface area contributed by atoms with Crippen LogP contribution in [0, 0.1) is 0 Å². The van der Waals surface area contributed by atoms with Crippen LogP contribution in [0.15, 0.2) is 0 Å². The molecule has 0 aliphatic heterocycles. The van der Waals surface area contributed by atoms with Gasteiger partial charge in [-0.3, -0.25) is 9.82 Å². The number of hydrogen-bond acceptors (Lipinski definition) is 1. The summed E-state index contributed by atoms with van der Waals surface area (Å²) < 4.78 is 8.19. The molecular weight excluding hydrogens is 151 g/mol. The zero-order valence-corrected chi connectivity index (χ0v) is 4.94. The van der Waals surface area contributed by atoms with Crippen molar-refractivity contribution in [1.82, 2.24) is 0 Å². The molecular formula is N6OV. The van der Waals surface area contributed by atoms with Crippen molar-refractivity contribution in [3.05, 3.63) is 31.9 Å². The molecule has 0 bridgehead atoms. The van der Waals surface area contributed by atoms with E-state index in [9.17, 15) is 0 Å². The summed E-state index contributed by atoms with van der Waals surface area (Å²) in [4.78, 5) is 3.00. The second-order valence-corrected chi connectivity index (χ2v) is 0.179. The minimum absolute atomic E-state index is 1.06. The van der Waals surface area contributed by atoms with E-state index in [0.29, 0.717) is 0 Å². The number of nitrogens with zero attached hydrogens (tertiary/aromatic N) is 6. The fourth-order valence-corrected chi connectivity index (χ4v) is 0. The van der Waals surface area contributed by atoms with E-state index in [2.05, 4.69) is 0 Å². The first kappa shape index (κ1) is 15.7. The fraction of sp³-hybridized carbons (Fsp3) is 0. The summed E-state index contributed by atoms with van der Waals surface area (Å²) in [6.07, 6.45) is 0. The molecule has 0 aliphatic rings. The van der Waals surface area contributed by atoms with Gasteiger partial charge in [-0.15, -0.1) is 0 Å². The van der Waals surface area contributed by atoms with Crippen LogP contribution >= 0.6 is 0 Å². The Balaban J connectivity index is -0.0000000483. The molecule has 0 N–H and O–H groups in total. The Bertz CT molecular complexity index is 72.7. The van der Waals surface area contributed by atoms with E-state index in [1.165, 1.54) is 9.82 Å². The second-order valence-electron chi connectivity index (χ2n) is 0.179. The van der Waals surface area contributed by atoms with Gasteiger partial charge in [-0.25, -0.2) is 0 Å². The van der Waals surface area contributed by atoms with Crippen molar-refractivity contribution >= 4 is 0 Å². The van der Waals surface area contributed by atoms with E-state index in [0.717, 1.165) is 17.4 Å². The summed E-state index contributed by atoms with van der Waals surface area (Å²) in [5, 5.41) is 0. The van der Waals surface area contributed by atoms with Crippen molar-refractivity contribution in [3.63, 3.8) is 0 Å². The van der Waals surface area contributed by atoms with E-state index in [4.69, 9.17) is 25.8 Å². The summed E-state index contributed by atoms with van der Waals surface area (Å²) >= 11 is 1.06. The SMILES string of the molecule is [N-]=[N+]=[N-].[N-]=[N+]=[N-].[O]=[V+2]. The van der Waals surface area contributed by atoms with Gasteiger partial charge in [-0.1, -0.05) is 0 Å². The summed E-state index contributed by atoms with van der Waals surface area (Å²) in [6, 6.07) is 0. The van der Waals surface area contributed by atoms with Crippen molar-refractivity contribution in [3.8, 4) is 0 Å². The summed E-state index contributed by atoms with van der Waals surface area (Å²) in [5.74, 6) is 0. The van der Waals surface area contributed by atoms with Crippen molar-refractivity contribution in [1.29, 1.82) is 0 Å². The van der Waals surface area contributed by atoms with E-state index in [1.807, 2.05) is 0 Å². The van der Waals surface area contributed by atoms with Gasteiger partial charge in [0.05, 0.1) is 0 Å². The van der Waals surface area contributed by atoms with Gasteiger partial charge in [0.1, 0.15) is 0 Å². The van der Waals surface area contributed by atoms with Gasteiger partial charge in [0.25, 0.3) is 0 Å². The normalized spacial score (nSPS) is 2.75. The minimum atomic E-state index is 1.06. The Morgan fingerprint density at radius 2 is 0.875 bits per heavy atom. The topological polar surface area (TPSA) is 134 Å². The molecule has 0 aromatic heterocycles. The molecule has 7 nitrogen and oxygen atoms in total. The Hall–Kier alpha value is -0.996. The van der Waals surface area contributed by atoms with Crippen molar-refractivity contribution in [2.45, 2.75) is 0 Å². The molecule has 0 aliphatic carbocycles. The van der Waals surface area contributed by atoms with Crippen LogP contribution in [0.5, 0.6) is 0 Å². The van der Waals surface area contributed by atoms with Gasteiger partial charge in [0, 0.05) is 0 Å². The molecule has 0 atom stereocenters. The van der Waals surface area contributed by atoms with Crippen LogP contribution in [0.1, 0.15) is 0 Å². The average Bonchev–Trinajstić information content (AvgIpc) is 1.75. The van der Waals surface area contributed by atoms with Crippen molar-refractivity contribution < 1.29 is 21.0 Å². The average molecular weight is 151 g/mol. The van der Waals surface area contributed by atoms with E-state index in [1.54, 1.807) is 0 Å². The first-order chi connectivity index (χ1) is 3.83. The predicted molar refractivity (Wildman–Crippen MR) is 20.8 cm³/mol. The molecule has 0 aromatic carbocycles. The summed E-state index contributed by atoms with van der Waals surface area (Å²) in [6.45, 7) is 0. The van der Waals surface area contributed by atoms with Crippen LogP contribution in [-0.2, 0) is 21.0 Å². The fourth-order valence-electron chi connectivity index (χ4n) is 0. The first-order valence-corrected chi connectivity index (χ1v) is 1.55. The van der Waals surface area contributed by atoms with Crippen LogP contribution in [0.4, 0.5) is 0 Å².